The molecule has 0 amide bonds. The largest absolute Gasteiger partial charge is 0.349 e. The summed E-state index contributed by atoms with van der Waals surface area (Å²) in [5.74, 6) is 0.899. The Morgan fingerprint density at radius 3 is 2.38 bits per heavy atom. The second-order valence-electron chi connectivity index (χ2n) is 5.75. The number of sulfone groups is 1. The summed E-state index contributed by atoms with van der Waals surface area (Å²) in [6, 6.07) is 8.48. The van der Waals surface area contributed by atoms with Crippen LogP contribution in [0.2, 0.25) is 0 Å². The molecule has 0 aliphatic heterocycles. The molecule has 0 bridgehead atoms. The van der Waals surface area contributed by atoms with Crippen molar-refractivity contribution in [2.45, 2.75) is 32.2 Å². The molecular weight excluding hydrogens is 326 g/mol. The predicted molar refractivity (Wildman–Crippen MR) is 91.4 cm³/mol. The van der Waals surface area contributed by atoms with Gasteiger partial charge in [0.05, 0.1) is 10.5 Å². The van der Waals surface area contributed by atoms with Gasteiger partial charge in [-0.15, -0.1) is 0 Å². The fourth-order valence-electron chi connectivity index (χ4n) is 2.81. The van der Waals surface area contributed by atoms with Crippen molar-refractivity contribution in [3.63, 3.8) is 0 Å². The number of aryl methyl sites for hydroxylation is 1. The Bertz CT molecular complexity index is 983. The molecule has 0 saturated heterocycles. The van der Waals surface area contributed by atoms with Crippen LogP contribution in [0.4, 0.5) is 0 Å². The first kappa shape index (κ1) is 16.4. The van der Waals surface area contributed by atoms with Crippen molar-refractivity contribution in [3.8, 4) is 22.8 Å². The SMILES string of the molecule is CCn1c(C)cc(-c2nc(-c3ccc(S(C)(=O)=O)cc3)no2)c1C. The van der Waals surface area contributed by atoms with E-state index in [1.165, 1.54) is 6.26 Å². The highest BCUT2D eigenvalue weighted by Crippen LogP contribution is 2.28. The first-order valence-electron chi connectivity index (χ1n) is 7.62. The maximum absolute atomic E-state index is 11.5. The molecule has 0 aliphatic rings. The van der Waals surface area contributed by atoms with E-state index in [-0.39, 0.29) is 4.90 Å². The maximum Gasteiger partial charge on any atom is 0.260 e. The van der Waals surface area contributed by atoms with Gasteiger partial charge in [-0.05, 0) is 51.1 Å². The van der Waals surface area contributed by atoms with Gasteiger partial charge in [0.2, 0.25) is 5.82 Å². The predicted octanol–water partition coefficient (Wildman–Crippen LogP) is 3.25. The highest BCUT2D eigenvalue weighted by Gasteiger charge is 2.17. The number of aromatic nitrogens is 3. The monoisotopic (exact) mass is 345 g/mol. The lowest BCUT2D eigenvalue weighted by molar-refractivity contribution is 0.432. The smallest absolute Gasteiger partial charge is 0.260 e. The minimum Gasteiger partial charge on any atom is -0.349 e. The third-order valence-corrected chi connectivity index (χ3v) is 5.22. The third kappa shape index (κ3) is 2.87. The van der Waals surface area contributed by atoms with Gasteiger partial charge in [0.25, 0.3) is 5.89 Å². The van der Waals surface area contributed by atoms with Crippen molar-refractivity contribution in [3.05, 3.63) is 41.7 Å². The summed E-state index contributed by atoms with van der Waals surface area (Å²) in [4.78, 5) is 4.72. The molecule has 24 heavy (non-hydrogen) atoms. The molecule has 1 aromatic carbocycles. The Morgan fingerprint density at radius 1 is 1.17 bits per heavy atom. The Labute approximate surface area is 141 Å². The molecule has 0 spiro atoms. The van der Waals surface area contributed by atoms with Crippen LogP contribution in [0.3, 0.4) is 0 Å². The lowest BCUT2D eigenvalue weighted by Crippen LogP contribution is -1.98. The highest BCUT2D eigenvalue weighted by molar-refractivity contribution is 7.90. The van der Waals surface area contributed by atoms with E-state index >= 15 is 0 Å². The number of rotatable bonds is 4. The zero-order valence-electron chi connectivity index (χ0n) is 14.1. The minimum absolute atomic E-state index is 0.265. The lowest BCUT2D eigenvalue weighted by atomic mass is 10.2. The van der Waals surface area contributed by atoms with E-state index < -0.39 is 9.84 Å². The molecule has 3 aromatic rings. The summed E-state index contributed by atoms with van der Waals surface area (Å²) < 4.78 is 30.6. The van der Waals surface area contributed by atoms with Gasteiger partial charge in [-0.25, -0.2) is 8.42 Å². The second kappa shape index (κ2) is 5.90. The van der Waals surface area contributed by atoms with Gasteiger partial charge in [0.1, 0.15) is 0 Å². The van der Waals surface area contributed by atoms with Crippen LogP contribution in [0.5, 0.6) is 0 Å². The van der Waals surface area contributed by atoms with Crippen LogP contribution >= 0.6 is 0 Å². The second-order valence-corrected chi connectivity index (χ2v) is 7.76. The van der Waals surface area contributed by atoms with Crippen LogP contribution in [0.15, 0.2) is 39.8 Å². The van der Waals surface area contributed by atoms with E-state index in [0.29, 0.717) is 17.3 Å². The van der Waals surface area contributed by atoms with E-state index in [4.69, 9.17) is 4.52 Å². The first-order chi connectivity index (χ1) is 11.3. The summed E-state index contributed by atoms with van der Waals surface area (Å²) >= 11 is 0. The zero-order chi connectivity index (χ0) is 17.5. The summed E-state index contributed by atoms with van der Waals surface area (Å²) in [7, 11) is -3.22. The Hall–Kier alpha value is -2.41. The molecule has 126 valence electrons. The Morgan fingerprint density at radius 2 is 1.83 bits per heavy atom. The Balaban J connectivity index is 1.97. The molecule has 0 radical (unpaired) electrons. The van der Waals surface area contributed by atoms with E-state index in [2.05, 4.69) is 21.6 Å². The normalized spacial score (nSPS) is 11.8. The van der Waals surface area contributed by atoms with E-state index in [1.807, 2.05) is 19.9 Å². The van der Waals surface area contributed by atoms with Crippen molar-refractivity contribution < 1.29 is 12.9 Å². The number of benzene rings is 1. The van der Waals surface area contributed by atoms with Crippen LogP contribution in [0, 0.1) is 13.8 Å². The molecule has 2 aromatic heterocycles. The number of nitrogens with zero attached hydrogens (tertiary/aromatic N) is 3. The standard InChI is InChI=1S/C17H19N3O3S/c1-5-20-11(2)10-15(12(20)3)17-18-16(19-23-17)13-6-8-14(9-7-13)24(4,21)22/h6-10H,5H2,1-4H3. The number of hydrogen-bond donors (Lipinski definition) is 0. The summed E-state index contributed by atoms with van der Waals surface area (Å²) in [6.45, 7) is 7.04. The Kier molecular flexibility index (Phi) is 4.04. The summed E-state index contributed by atoms with van der Waals surface area (Å²) in [5, 5.41) is 4.02. The van der Waals surface area contributed by atoms with Gasteiger partial charge in [-0.1, -0.05) is 5.16 Å². The van der Waals surface area contributed by atoms with Gasteiger partial charge in [0.15, 0.2) is 9.84 Å². The third-order valence-electron chi connectivity index (χ3n) is 4.09. The molecule has 0 saturated carbocycles. The minimum atomic E-state index is -3.22. The molecule has 3 rings (SSSR count). The topological polar surface area (TPSA) is 78.0 Å². The van der Waals surface area contributed by atoms with Gasteiger partial charge >= 0.3 is 0 Å². The fraction of sp³-hybridized carbons (Fsp3) is 0.294. The number of hydrogen-bond acceptors (Lipinski definition) is 5. The summed E-state index contributed by atoms with van der Waals surface area (Å²) in [6.07, 6.45) is 1.18. The van der Waals surface area contributed by atoms with E-state index in [1.54, 1.807) is 24.3 Å². The maximum atomic E-state index is 11.5. The van der Waals surface area contributed by atoms with Gasteiger partial charge in [-0.2, -0.15) is 4.98 Å². The van der Waals surface area contributed by atoms with E-state index in [9.17, 15) is 8.42 Å². The van der Waals surface area contributed by atoms with Crippen LogP contribution in [0.25, 0.3) is 22.8 Å². The molecule has 0 unspecified atom stereocenters. The first-order valence-corrected chi connectivity index (χ1v) is 9.51. The average molecular weight is 345 g/mol. The molecule has 6 nitrogen and oxygen atoms in total. The molecule has 0 fully saturated rings. The average Bonchev–Trinajstić information content (AvgIpc) is 3.11. The molecule has 0 atom stereocenters. The van der Waals surface area contributed by atoms with E-state index in [0.717, 1.165) is 23.5 Å². The van der Waals surface area contributed by atoms with Crippen LogP contribution in [-0.2, 0) is 16.4 Å². The van der Waals surface area contributed by atoms with Crippen molar-refractivity contribution in [1.82, 2.24) is 14.7 Å². The van der Waals surface area contributed by atoms with Crippen LogP contribution in [-0.4, -0.2) is 29.4 Å². The van der Waals surface area contributed by atoms with Crippen molar-refractivity contribution in [1.29, 1.82) is 0 Å². The summed E-state index contributed by atoms with van der Waals surface area (Å²) in [5.41, 5.74) is 3.85. The molecule has 0 aliphatic carbocycles. The van der Waals surface area contributed by atoms with Crippen molar-refractivity contribution >= 4 is 9.84 Å². The zero-order valence-corrected chi connectivity index (χ0v) is 14.9. The quantitative estimate of drug-likeness (QED) is 0.725. The van der Waals surface area contributed by atoms with Crippen LogP contribution in [0.1, 0.15) is 18.3 Å². The van der Waals surface area contributed by atoms with Crippen LogP contribution < -0.4 is 0 Å². The van der Waals surface area contributed by atoms with Gasteiger partial charge in [0, 0.05) is 29.8 Å². The molecule has 0 N–H and O–H groups in total. The van der Waals surface area contributed by atoms with Gasteiger partial charge < -0.3 is 9.09 Å². The van der Waals surface area contributed by atoms with Crippen molar-refractivity contribution in [2.24, 2.45) is 0 Å². The fourth-order valence-corrected chi connectivity index (χ4v) is 3.44. The highest BCUT2D eigenvalue weighted by atomic mass is 32.2. The lowest BCUT2D eigenvalue weighted by Gasteiger charge is -2.04. The molecular formula is C17H19N3O3S. The molecule has 2 heterocycles. The van der Waals surface area contributed by atoms with Crippen molar-refractivity contribution in [2.75, 3.05) is 6.26 Å². The van der Waals surface area contributed by atoms with Gasteiger partial charge in [-0.3, -0.25) is 0 Å². The molecule has 7 heteroatoms.